The topological polar surface area (TPSA) is 16.4 Å². The molecule has 2 nitrogen and oxygen atoms in total. The molecule has 0 aliphatic rings. The smallest absolute Gasteiger partial charge is 0.135 e. The molecule has 0 aliphatic heterocycles. The first-order chi connectivity index (χ1) is 25.8. The van der Waals surface area contributed by atoms with Gasteiger partial charge in [-0.3, -0.25) is 0 Å². The number of nitrogens with zero attached hydrogens (tertiary/aromatic N) is 1. The van der Waals surface area contributed by atoms with Crippen molar-refractivity contribution >= 4 is 60.5 Å². The molecule has 2 heteroatoms. The van der Waals surface area contributed by atoms with Crippen LogP contribution in [0.3, 0.4) is 0 Å². The second-order valence-corrected chi connectivity index (χ2v) is 13.3. The minimum absolute atomic E-state index is 0.887. The Kier molecular flexibility index (Phi) is 7.18. The fourth-order valence-corrected chi connectivity index (χ4v) is 7.67. The van der Waals surface area contributed by atoms with Crippen LogP contribution in [-0.2, 0) is 0 Å². The molecule has 9 aromatic carbocycles. The van der Waals surface area contributed by atoms with E-state index in [2.05, 4.69) is 193 Å². The molecule has 52 heavy (non-hydrogen) atoms. The van der Waals surface area contributed by atoms with Gasteiger partial charge in [0.25, 0.3) is 0 Å². The molecule has 0 saturated heterocycles. The van der Waals surface area contributed by atoms with Gasteiger partial charge in [0, 0.05) is 27.8 Å². The molecule has 0 amide bonds. The lowest BCUT2D eigenvalue weighted by molar-refractivity contribution is 0.669. The van der Waals surface area contributed by atoms with Crippen molar-refractivity contribution < 1.29 is 4.42 Å². The van der Waals surface area contributed by atoms with Crippen LogP contribution in [0.4, 0.5) is 17.1 Å². The van der Waals surface area contributed by atoms with Gasteiger partial charge in [0.15, 0.2) is 0 Å². The molecule has 1 aromatic heterocycles. The van der Waals surface area contributed by atoms with Gasteiger partial charge in [-0.25, -0.2) is 0 Å². The van der Waals surface area contributed by atoms with Gasteiger partial charge in [-0.05, 0) is 103 Å². The summed E-state index contributed by atoms with van der Waals surface area (Å²) in [5.41, 5.74) is 12.3. The molecule has 0 spiro atoms. The van der Waals surface area contributed by atoms with Gasteiger partial charge in [-0.2, -0.15) is 0 Å². The Morgan fingerprint density at radius 3 is 1.56 bits per heavy atom. The highest BCUT2D eigenvalue weighted by Gasteiger charge is 2.17. The molecule has 10 aromatic rings. The van der Waals surface area contributed by atoms with E-state index >= 15 is 0 Å². The van der Waals surface area contributed by atoms with E-state index in [0.29, 0.717) is 0 Å². The summed E-state index contributed by atoms with van der Waals surface area (Å²) in [7, 11) is 0. The van der Waals surface area contributed by atoms with Crippen molar-refractivity contribution in [3.8, 4) is 33.4 Å². The third-order valence-corrected chi connectivity index (χ3v) is 10.3. The summed E-state index contributed by atoms with van der Waals surface area (Å²) in [6.07, 6.45) is 0. The van der Waals surface area contributed by atoms with Crippen molar-refractivity contribution in [3.05, 3.63) is 200 Å². The van der Waals surface area contributed by atoms with E-state index in [1.54, 1.807) is 0 Å². The predicted octanol–water partition coefficient (Wildman–Crippen LogP) is 14.4. The number of anilines is 3. The molecule has 0 aliphatic carbocycles. The zero-order valence-corrected chi connectivity index (χ0v) is 28.4. The zero-order valence-electron chi connectivity index (χ0n) is 28.4. The Labute approximate surface area is 302 Å². The first-order valence-electron chi connectivity index (χ1n) is 17.8. The summed E-state index contributed by atoms with van der Waals surface area (Å²) in [4.78, 5) is 2.34. The average molecular weight is 664 g/mol. The van der Waals surface area contributed by atoms with Crippen molar-refractivity contribution in [1.29, 1.82) is 0 Å². The lowest BCUT2D eigenvalue weighted by atomic mass is 9.94. The third kappa shape index (κ3) is 5.21. The van der Waals surface area contributed by atoms with E-state index in [1.165, 1.54) is 54.9 Å². The maximum Gasteiger partial charge on any atom is 0.135 e. The van der Waals surface area contributed by atoms with Crippen LogP contribution in [0.2, 0.25) is 0 Å². The summed E-state index contributed by atoms with van der Waals surface area (Å²) >= 11 is 0. The SMILES string of the molecule is c1ccc(-c2ccc(-c3ccc(N(c4ccc(-c5cccc6c5ccc5ccccc56)cc4)c4ccc5oc6ccccc6c5c4)cc3)cc2)cc1. The highest BCUT2D eigenvalue weighted by atomic mass is 16.3. The fourth-order valence-electron chi connectivity index (χ4n) is 7.67. The minimum atomic E-state index is 0.887. The Hall–Kier alpha value is -6.90. The van der Waals surface area contributed by atoms with E-state index < -0.39 is 0 Å². The second-order valence-electron chi connectivity index (χ2n) is 13.3. The fraction of sp³-hybridized carbons (Fsp3) is 0. The number of benzene rings is 9. The van der Waals surface area contributed by atoms with Gasteiger partial charge < -0.3 is 9.32 Å². The maximum absolute atomic E-state index is 6.21. The number of rotatable bonds is 6. The normalized spacial score (nSPS) is 11.5. The Bertz CT molecular complexity index is 2870. The summed E-state index contributed by atoms with van der Waals surface area (Å²) in [6.45, 7) is 0. The molecular weight excluding hydrogens is 631 g/mol. The lowest BCUT2D eigenvalue weighted by Crippen LogP contribution is -2.09. The number of furan rings is 1. The van der Waals surface area contributed by atoms with Gasteiger partial charge in [0.1, 0.15) is 11.2 Å². The number of hydrogen-bond donors (Lipinski definition) is 0. The van der Waals surface area contributed by atoms with Gasteiger partial charge in [-0.1, -0.05) is 152 Å². The third-order valence-electron chi connectivity index (χ3n) is 10.3. The summed E-state index contributed by atoms with van der Waals surface area (Å²) in [5.74, 6) is 0. The molecule has 0 bridgehead atoms. The first-order valence-corrected chi connectivity index (χ1v) is 17.8. The van der Waals surface area contributed by atoms with Crippen LogP contribution in [0, 0.1) is 0 Å². The maximum atomic E-state index is 6.21. The molecule has 0 unspecified atom stereocenters. The predicted molar refractivity (Wildman–Crippen MR) is 220 cm³/mol. The molecule has 0 saturated carbocycles. The average Bonchev–Trinajstić information content (AvgIpc) is 3.60. The van der Waals surface area contributed by atoms with Gasteiger partial charge in [0.2, 0.25) is 0 Å². The number of para-hydroxylation sites is 1. The van der Waals surface area contributed by atoms with Crippen LogP contribution < -0.4 is 4.90 Å². The van der Waals surface area contributed by atoms with Crippen LogP contribution in [0.15, 0.2) is 205 Å². The summed E-state index contributed by atoms with van der Waals surface area (Å²) in [5, 5.41) is 7.30. The van der Waals surface area contributed by atoms with Gasteiger partial charge in [0.05, 0.1) is 0 Å². The lowest BCUT2D eigenvalue weighted by Gasteiger charge is -2.26. The van der Waals surface area contributed by atoms with Gasteiger partial charge >= 0.3 is 0 Å². The quantitative estimate of drug-likeness (QED) is 0.165. The molecular formula is C50H33NO. The molecule has 1 heterocycles. The number of fused-ring (bicyclic) bond motifs is 6. The Morgan fingerprint density at radius 1 is 0.288 bits per heavy atom. The van der Waals surface area contributed by atoms with E-state index in [0.717, 1.165) is 39.0 Å². The van der Waals surface area contributed by atoms with Crippen LogP contribution >= 0.6 is 0 Å². The van der Waals surface area contributed by atoms with Crippen LogP contribution in [0.25, 0.3) is 76.9 Å². The summed E-state index contributed by atoms with van der Waals surface area (Å²) < 4.78 is 6.21. The zero-order chi connectivity index (χ0) is 34.4. The van der Waals surface area contributed by atoms with Crippen LogP contribution in [0.5, 0.6) is 0 Å². The molecule has 0 N–H and O–H groups in total. The van der Waals surface area contributed by atoms with Crippen molar-refractivity contribution in [2.45, 2.75) is 0 Å². The van der Waals surface area contributed by atoms with Gasteiger partial charge in [-0.15, -0.1) is 0 Å². The Balaban J connectivity index is 1.05. The summed E-state index contributed by atoms with van der Waals surface area (Å²) in [6, 6.07) is 71.7. The molecule has 0 fully saturated rings. The second kappa shape index (κ2) is 12.5. The van der Waals surface area contributed by atoms with Crippen molar-refractivity contribution in [2.24, 2.45) is 0 Å². The first kappa shape index (κ1) is 30.0. The minimum Gasteiger partial charge on any atom is -0.456 e. The largest absolute Gasteiger partial charge is 0.456 e. The van der Waals surface area contributed by atoms with E-state index in [1.807, 2.05) is 12.1 Å². The van der Waals surface area contributed by atoms with Crippen LogP contribution in [0.1, 0.15) is 0 Å². The molecule has 244 valence electrons. The van der Waals surface area contributed by atoms with Crippen molar-refractivity contribution in [2.75, 3.05) is 4.90 Å². The van der Waals surface area contributed by atoms with E-state index in [-0.39, 0.29) is 0 Å². The standard InChI is InChI=1S/C50H33NO/c1-2-9-34(10-3-1)35-17-19-36(20-18-35)37-21-26-40(27-22-37)51(42-30-32-50-48(33-42)47-13-6-7-16-49(47)52-50)41-28-23-39(24-29-41)44-14-8-15-45-43-12-5-4-11-38(43)25-31-46(44)45/h1-33H. The van der Waals surface area contributed by atoms with Crippen molar-refractivity contribution in [1.82, 2.24) is 0 Å². The molecule has 10 rings (SSSR count). The highest BCUT2D eigenvalue weighted by Crippen LogP contribution is 2.41. The number of hydrogen-bond acceptors (Lipinski definition) is 2. The molecule has 0 atom stereocenters. The Morgan fingerprint density at radius 2 is 0.827 bits per heavy atom. The monoisotopic (exact) mass is 663 g/mol. The van der Waals surface area contributed by atoms with E-state index in [9.17, 15) is 0 Å². The van der Waals surface area contributed by atoms with E-state index in [4.69, 9.17) is 4.42 Å². The van der Waals surface area contributed by atoms with Crippen molar-refractivity contribution in [3.63, 3.8) is 0 Å². The van der Waals surface area contributed by atoms with Crippen LogP contribution in [-0.4, -0.2) is 0 Å². The molecule has 0 radical (unpaired) electrons. The highest BCUT2D eigenvalue weighted by molar-refractivity contribution is 6.12.